The summed E-state index contributed by atoms with van der Waals surface area (Å²) in [4.78, 5) is 0. The normalized spacial score (nSPS) is 20.6. The molecule has 0 radical (unpaired) electrons. The lowest BCUT2D eigenvalue weighted by atomic mass is 9.94. The third-order valence-electron chi connectivity index (χ3n) is 3.40. The second-order valence-corrected chi connectivity index (χ2v) is 4.87. The number of furan rings is 1. The molecule has 0 unspecified atom stereocenters. The predicted octanol–water partition coefficient (Wildman–Crippen LogP) is 2.45. The molecular weight excluding hydrogens is 202 g/mol. The summed E-state index contributed by atoms with van der Waals surface area (Å²) in [6, 6.07) is 1.95. The molecule has 0 amide bonds. The molecule has 1 saturated carbocycles. The van der Waals surface area contributed by atoms with Gasteiger partial charge in [-0.3, -0.25) is 0 Å². The van der Waals surface area contributed by atoms with Gasteiger partial charge in [0.25, 0.3) is 0 Å². The van der Waals surface area contributed by atoms with Crippen LogP contribution in [0.4, 0.5) is 0 Å². The zero-order valence-corrected chi connectivity index (χ0v) is 9.74. The van der Waals surface area contributed by atoms with Crippen LogP contribution in [0.3, 0.4) is 0 Å². The SMILES string of the molecule is OC1(CNCc2ccoc2)CCCCCC1. The summed E-state index contributed by atoms with van der Waals surface area (Å²) in [6.45, 7) is 1.47. The lowest BCUT2D eigenvalue weighted by molar-refractivity contribution is 0.0250. The minimum atomic E-state index is -0.486. The van der Waals surface area contributed by atoms with E-state index in [0.717, 1.165) is 37.8 Å². The molecule has 0 saturated heterocycles. The van der Waals surface area contributed by atoms with Crippen LogP contribution < -0.4 is 5.32 Å². The van der Waals surface area contributed by atoms with Crippen LogP contribution in [0.1, 0.15) is 44.1 Å². The quantitative estimate of drug-likeness (QED) is 0.771. The molecule has 0 atom stereocenters. The summed E-state index contributed by atoms with van der Waals surface area (Å²) in [5, 5.41) is 13.7. The summed E-state index contributed by atoms with van der Waals surface area (Å²) in [5.74, 6) is 0. The molecule has 0 aromatic carbocycles. The van der Waals surface area contributed by atoms with Gasteiger partial charge in [-0.1, -0.05) is 25.7 Å². The zero-order chi connectivity index (χ0) is 11.3. The highest BCUT2D eigenvalue weighted by Gasteiger charge is 2.27. The van der Waals surface area contributed by atoms with Gasteiger partial charge in [0.15, 0.2) is 0 Å². The highest BCUT2D eigenvalue weighted by Crippen LogP contribution is 2.26. The number of hydrogen-bond donors (Lipinski definition) is 2. The topological polar surface area (TPSA) is 45.4 Å². The third-order valence-corrected chi connectivity index (χ3v) is 3.40. The minimum Gasteiger partial charge on any atom is -0.472 e. The van der Waals surface area contributed by atoms with Gasteiger partial charge in [-0.25, -0.2) is 0 Å². The van der Waals surface area contributed by atoms with Crippen molar-refractivity contribution in [3.05, 3.63) is 24.2 Å². The zero-order valence-electron chi connectivity index (χ0n) is 9.74. The Morgan fingerprint density at radius 2 is 2.00 bits per heavy atom. The summed E-state index contributed by atoms with van der Waals surface area (Å²) in [5.41, 5.74) is 0.650. The molecule has 0 aliphatic heterocycles. The molecular formula is C13H21NO2. The fraction of sp³-hybridized carbons (Fsp3) is 0.692. The maximum absolute atomic E-state index is 10.4. The van der Waals surface area contributed by atoms with Gasteiger partial charge < -0.3 is 14.8 Å². The second kappa shape index (κ2) is 5.51. The van der Waals surface area contributed by atoms with Gasteiger partial charge in [0.2, 0.25) is 0 Å². The Hall–Kier alpha value is -0.800. The molecule has 2 rings (SSSR count). The molecule has 1 aliphatic carbocycles. The fourth-order valence-corrected chi connectivity index (χ4v) is 2.40. The van der Waals surface area contributed by atoms with E-state index >= 15 is 0 Å². The van der Waals surface area contributed by atoms with Crippen molar-refractivity contribution in [2.24, 2.45) is 0 Å². The predicted molar refractivity (Wildman–Crippen MR) is 63.1 cm³/mol. The van der Waals surface area contributed by atoms with E-state index in [0.29, 0.717) is 6.54 Å². The maximum Gasteiger partial charge on any atom is 0.0947 e. The average Bonchev–Trinajstić information content (AvgIpc) is 2.68. The molecule has 1 aromatic heterocycles. The van der Waals surface area contributed by atoms with E-state index < -0.39 is 5.60 Å². The molecule has 1 heterocycles. The van der Waals surface area contributed by atoms with E-state index in [2.05, 4.69) is 5.32 Å². The van der Waals surface area contributed by atoms with Crippen molar-refractivity contribution in [1.29, 1.82) is 0 Å². The Kier molecular flexibility index (Phi) is 4.02. The standard InChI is InChI=1S/C13H21NO2/c15-13(6-3-1-2-4-7-13)11-14-9-12-5-8-16-10-12/h5,8,10,14-15H,1-4,6-7,9,11H2. The molecule has 1 fully saturated rings. The van der Waals surface area contributed by atoms with Crippen molar-refractivity contribution in [3.8, 4) is 0 Å². The molecule has 1 aromatic rings. The third kappa shape index (κ3) is 3.35. The Balaban J connectivity index is 1.75. The molecule has 16 heavy (non-hydrogen) atoms. The molecule has 1 aliphatic rings. The summed E-state index contributed by atoms with van der Waals surface area (Å²) >= 11 is 0. The molecule has 3 heteroatoms. The lowest BCUT2D eigenvalue weighted by Crippen LogP contribution is -2.39. The Bertz CT molecular complexity index is 287. The van der Waals surface area contributed by atoms with Crippen LogP contribution in [0, 0.1) is 0 Å². The van der Waals surface area contributed by atoms with E-state index in [4.69, 9.17) is 4.42 Å². The first kappa shape index (κ1) is 11.7. The number of hydrogen-bond acceptors (Lipinski definition) is 3. The molecule has 0 bridgehead atoms. The van der Waals surface area contributed by atoms with Crippen LogP contribution in [-0.4, -0.2) is 17.3 Å². The van der Waals surface area contributed by atoms with E-state index in [-0.39, 0.29) is 0 Å². The number of nitrogens with one attached hydrogen (secondary N) is 1. The first-order chi connectivity index (χ1) is 7.79. The van der Waals surface area contributed by atoms with Crippen LogP contribution in [0.15, 0.2) is 23.0 Å². The van der Waals surface area contributed by atoms with Crippen molar-refractivity contribution < 1.29 is 9.52 Å². The summed E-state index contributed by atoms with van der Waals surface area (Å²) in [6.07, 6.45) is 10.1. The average molecular weight is 223 g/mol. The minimum absolute atomic E-state index is 0.486. The number of rotatable bonds is 4. The van der Waals surface area contributed by atoms with Crippen LogP contribution in [0.5, 0.6) is 0 Å². The number of aliphatic hydroxyl groups is 1. The lowest BCUT2D eigenvalue weighted by Gasteiger charge is -2.26. The first-order valence-corrected chi connectivity index (χ1v) is 6.23. The van der Waals surface area contributed by atoms with Gasteiger partial charge in [-0.05, 0) is 18.9 Å². The van der Waals surface area contributed by atoms with Crippen LogP contribution in [0.25, 0.3) is 0 Å². The van der Waals surface area contributed by atoms with Gasteiger partial charge in [-0.15, -0.1) is 0 Å². The van der Waals surface area contributed by atoms with Gasteiger partial charge >= 0.3 is 0 Å². The Labute approximate surface area is 96.8 Å². The molecule has 3 nitrogen and oxygen atoms in total. The molecule has 2 N–H and O–H groups in total. The van der Waals surface area contributed by atoms with Crippen molar-refractivity contribution >= 4 is 0 Å². The highest BCUT2D eigenvalue weighted by atomic mass is 16.3. The van der Waals surface area contributed by atoms with Crippen molar-refractivity contribution in [2.45, 2.75) is 50.7 Å². The van der Waals surface area contributed by atoms with Crippen molar-refractivity contribution in [3.63, 3.8) is 0 Å². The molecule has 90 valence electrons. The monoisotopic (exact) mass is 223 g/mol. The summed E-state index contributed by atoms with van der Waals surface area (Å²) in [7, 11) is 0. The first-order valence-electron chi connectivity index (χ1n) is 6.23. The van der Waals surface area contributed by atoms with Crippen molar-refractivity contribution in [2.75, 3.05) is 6.54 Å². The van der Waals surface area contributed by atoms with Crippen LogP contribution in [0.2, 0.25) is 0 Å². The van der Waals surface area contributed by atoms with E-state index in [1.165, 1.54) is 12.8 Å². The van der Waals surface area contributed by atoms with Gasteiger partial charge in [-0.2, -0.15) is 0 Å². The van der Waals surface area contributed by atoms with Crippen LogP contribution in [-0.2, 0) is 6.54 Å². The van der Waals surface area contributed by atoms with E-state index in [9.17, 15) is 5.11 Å². The Morgan fingerprint density at radius 3 is 2.62 bits per heavy atom. The second-order valence-electron chi connectivity index (χ2n) is 4.87. The van der Waals surface area contributed by atoms with Gasteiger partial charge in [0.05, 0.1) is 18.1 Å². The fourth-order valence-electron chi connectivity index (χ4n) is 2.40. The van der Waals surface area contributed by atoms with Crippen LogP contribution >= 0.6 is 0 Å². The van der Waals surface area contributed by atoms with Gasteiger partial charge in [0, 0.05) is 18.7 Å². The Morgan fingerprint density at radius 1 is 1.25 bits per heavy atom. The summed E-state index contributed by atoms with van der Waals surface area (Å²) < 4.78 is 5.00. The largest absolute Gasteiger partial charge is 0.472 e. The van der Waals surface area contributed by atoms with E-state index in [1.54, 1.807) is 12.5 Å². The van der Waals surface area contributed by atoms with Crippen molar-refractivity contribution in [1.82, 2.24) is 5.32 Å². The smallest absolute Gasteiger partial charge is 0.0947 e. The van der Waals surface area contributed by atoms with Gasteiger partial charge in [0.1, 0.15) is 0 Å². The molecule has 0 spiro atoms. The highest BCUT2D eigenvalue weighted by molar-refractivity contribution is 5.04. The maximum atomic E-state index is 10.4. The van der Waals surface area contributed by atoms with E-state index in [1.807, 2.05) is 6.07 Å².